The maximum absolute atomic E-state index is 13.4. The molecule has 0 unspecified atom stereocenters. The fraction of sp³-hybridized carbons (Fsp3) is 0.250. The van der Waals surface area contributed by atoms with Gasteiger partial charge in [-0.1, -0.05) is 30.3 Å². The SMILES string of the molecule is COc1ccccc1C(=O)N1CCOCCOc2ccccc2Oc2ncccc2C1. The first-order chi connectivity index (χ1) is 15.3. The van der Waals surface area contributed by atoms with Crippen molar-refractivity contribution in [2.75, 3.05) is 33.5 Å². The number of hydrogen-bond donors (Lipinski definition) is 0. The zero-order chi connectivity index (χ0) is 21.5. The van der Waals surface area contributed by atoms with Crippen molar-refractivity contribution in [1.29, 1.82) is 0 Å². The zero-order valence-corrected chi connectivity index (χ0v) is 17.3. The molecule has 0 aliphatic carbocycles. The number of nitrogens with zero attached hydrogens (tertiary/aromatic N) is 2. The summed E-state index contributed by atoms with van der Waals surface area (Å²) in [6.07, 6.45) is 1.66. The first kappa shape index (κ1) is 20.7. The lowest BCUT2D eigenvalue weighted by atomic mass is 10.1. The number of fused-ring (bicyclic) bond motifs is 2. The molecule has 1 aliphatic rings. The Balaban J connectivity index is 1.68. The maximum Gasteiger partial charge on any atom is 0.258 e. The van der Waals surface area contributed by atoms with E-state index in [4.69, 9.17) is 18.9 Å². The van der Waals surface area contributed by atoms with Gasteiger partial charge in [-0.3, -0.25) is 4.79 Å². The summed E-state index contributed by atoms with van der Waals surface area (Å²) in [7, 11) is 1.56. The number of amides is 1. The van der Waals surface area contributed by atoms with Gasteiger partial charge in [-0.25, -0.2) is 4.98 Å². The molecule has 4 rings (SSSR count). The fourth-order valence-corrected chi connectivity index (χ4v) is 3.33. The topological polar surface area (TPSA) is 70.1 Å². The van der Waals surface area contributed by atoms with E-state index in [1.54, 1.807) is 30.3 Å². The average molecular weight is 420 g/mol. The molecule has 7 heteroatoms. The van der Waals surface area contributed by atoms with Gasteiger partial charge in [0.25, 0.3) is 5.91 Å². The van der Waals surface area contributed by atoms with Gasteiger partial charge in [0, 0.05) is 18.3 Å². The Labute approximate surface area is 181 Å². The smallest absolute Gasteiger partial charge is 0.258 e. The van der Waals surface area contributed by atoms with E-state index >= 15 is 0 Å². The molecule has 0 spiro atoms. The summed E-state index contributed by atoms with van der Waals surface area (Å²) in [4.78, 5) is 19.5. The second-order valence-corrected chi connectivity index (χ2v) is 6.90. The Morgan fingerprint density at radius 2 is 1.77 bits per heavy atom. The maximum atomic E-state index is 13.4. The highest BCUT2D eigenvalue weighted by atomic mass is 16.5. The monoisotopic (exact) mass is 420 g/mol. The summed E-state index contributed by atoms with van der Waals surface area (Å²) >= 11 is 0. The Kier molecular flexibility index (Phi) is 6.64. The van der Waals surface area contributed by atoms with Crippen LogP contribution in [-0.4, -0.2) is 49.3 Å². The molecule has 0 fully saturated rings. The Morgan fingerprint density at radius 1 is 0.968 bits per heavy atom. The van der Waals surface area contributed by atoms with Crippen LogP contribution >= 0.6 is 0 Å². The molecular formula is C24H24N2O5. The predicted octanol–water partition coefficient (Wildman–Crippen LogP) is 3.93. The van der Waals surface area contributed by atoms with Crippen LogP contribution in [0, 0.1) is 0 Å². The molecule has 2 aromatic carbocycles. The van der Waals surface area contributed by atoms with Crippen LogP contribution in [0.5, 0.6) is 23.1 Å². The van der Waals surface area contributed by atoms with E-state index in [9.17, 15) is 4.79 Å². The van der Waals surface area contributed by atoms with Crippen molar-refractivity contribution in [3.63, 3.8) is 0 Å². The van der Waals surface area contributed by atoms with E-state index in [0.29, 0.717) is 61.6 Å². The molecule has 1 amide bonds. The van der Waals surface area contributed by atoms with Crippen molar-refractivity contribution >= 4 is 5.91 Å². The van der Waals surface area contributed by atoms with Crippen molar-refractivity contribution in [2.24, 2.45) is 0 Å². The minimum absolute atomic E-state index is 0.151. The largest absolute Gasteiger partial charge is 0.496 e. The molecule has 0 saturated heterocycles. The molecule has 0 N–H and O–H groups in total. The van der Waals surface area contributed by atoms with Gasteiger partial charge >= 0.3 is 0 Å². The summed E-state index contributed by atoms with van der Waals surface area (Å²) in [5.74, 6) is 1.98. The number of benzene rings is 2. The van der Waals surface area contributed by atoms with Crippen molar-refractivity contribution in [3.8, 4) is 23.1 Å². The van der Waals surface area contributed by atoms with Gasteiger partial charge in [-0.05, 0) is 30.3 Å². The number of rotatable bonds is 2. The lowest BCUT2D eigenvalue weighted by Gasteiger charge is -2.24. The highest BCUT2D eigenvalue weighted by Gasteiger charge is 2.22. The lowest BCUT2D eigenvalue weighted by Crippen LogP contribution is -2.34. The molecule has 7 nitrogen and oxygen atoms in total. The van der Waals surface area contributed by atoms with Gasteiger partial charge in [-0.2, -0.15) is 0 Å². The fourth-order valence-electron chi connectivity index (χ4n) is 3.33. The van der Waals surface area contributed by atoms with Gasteiger partial charge in [-0.15, -0.1) is 0 Å². The number of hydrogen-bond acceptors (Lipinski definition) is 6. The summed E-state index contributed by atoms with van der Waals surface area (Å²) in [6.45, 7) is 1.86. The number of carbonyl (C=O) groups excluding carboxylic acids is 1. The van der Waals surface area contributed by atoms with E-state index in [1.807, 2.05) is 48.5 Å². The van der Waals surface area contributed by atoms with Gasteiger partial charge in [0.2, 0.25) is 5.88 Å². The first-order valence-corrected chi connectivity index (χ1v) is 10.1. The van der Waals surface area contributed by atoms with Crippen LogP contribution in [0.2, 0.25) is 0 Å². The average Bonchev–Trinajstić information content (AvgIpc) is 2.83. The lowest BCUT2D eigenvalue weighted by molar-refractivity contribution is 0.0571. The Morgan fingerprint density at radius 3 is 2.65 bits per heavy atom. The van der Waals surface area contributed by atoms with Crippen LogP contribution in [0.25, 0.3) is 0 Å². The molecule has 2 heterocycles. The number of carbonyl (C=O) groups is 1. The minimum atomic E-state index is -0.151. The molecule has 0 radical (unpaired) electrons. The number of ether oxygens (including phenoxy) is 4. The molecule has 0 atom stereocenters. The van der Waals surface area contributed by atoms with Crippen LogP contribution in [0.15, 0.2) is 66.9 Å². The van der Waals surface area contributed by atoms with E-state index in [-0.39, 0.29) is 5.91 Å². The third kappa shape index (κ3) is 4.95. The van der Waals surface area contributed by atoms with Crippen LogP contribution in [0.3, 0.4) is 0 Å². The van der Waals surface area contributed by atoms with Gasteiger partial charge in [0.15, 0.2) is 11.5 Å². The highest BCUT2D eigenvalue weighted by Crippen LogP contribution is 2.32. The molecule has 1 aliphatic heterocycles. The predicted molar refractivity (Wildman–Crippen MR) is 115 cm³/mol. The van der Waals surface area contributed by atoms with Gasteiger partial charge in [0.05, 0.1) is 32.4 Å². The standard InChI is InChI=1S/C24H24N2O5/c1-28-20-9-3-2-8-19(20)24(27)26-13-14-29-15-16-30-21-10-4-5-11-22(21)31-23-18(17-26)7-6-12-25-23/h2-12H,13-17H2,1H3. The molecule has 3 aromatic rings. The normalized spacial score (nSPS) is 14.4. The second-order valence-electron chi connectivity index (χ2n) is 6.90. The van der Waals surface area contributed by atoms with Gasteiger partial charge < -0.3 is 23.8 Å². The van der Waals surface area contributed by atoms with E-state index in [1.165, 1.54) is 0 Å². The molecule has 1 aromatic heterocycles. The number of aromatic nitrogens is 1. The molecule has 0 saturated carbocycles. The second kappa shape index (κ2) is 9.95. The summed E-state index contributed by atoms with van der Waals surface area (Å²) in [5, 5.41) is 0. The number of para-hydroxylation sites is 3. The van der Waals surface area contributed by atoms with Crippen LogP contribution < -0.4 is 14.2 Å². The van der Waals surface area contributed by atoms with Gasteiger partial charge in [0.1, 0.15) is 12.4 Å². The van der Waals surface area contributed by atoms with Crippen molar-refractivity contribution in [2.45, 2.75) is 6.54 Å². The van der Waals surface area contributed by atoms with Crippen molar-refractivity contribution < 1.29 is 23.7 Å². The number of pyridine rings is 1. The molecule has 31 heavy (non-hydrogen) atoms. The number of methoxy groups -OCH3 is 1. The Bertz CT molecular complexity index is 1040. The minimum Gasteiger partial charge on any atom is -0.496 e. The van der Waals surface area contributed by atoms with Crippen LogP contribution in [0.4, 0.5) is 0 Å². The van der Waals surface area contributed by atoms with E-state index in [2.05, 4.69) is 4.98 Å². The van der Waals surface area contributed by atoms with E-state index in [0.717, 1.165) is 5.56 Å². The zero-order valence-electron chi connectivity index (χ0n) is 17.3. The molecule has 0 bridgehead atoms. The summed E-state index contributed by atoms with van der Waals surface area (Å²) in [6, 6.07) is 18.3. The third-order valence-corrected chi connectivity index (χ3v) is 4.88. The molecular weight excluding hydrogens is 396 g/mol. The van der Waals surface area contributed by atoms with Crippen LogP contribution in [-0.2, 0) is 11.3 Å². The first-order valence-electron chi connectivity index (χ1n) is 10.1. The summed E-state index contributed by atoms with van der Waals surface area (Å²) < 4.78 is 23.0. The quantitative estimate of drug-likeness (QED) is 0.626. The van der Waals surface area contributed by atoms with Crippen molar-refractivity contribution in [1.82, 2.24) is 9.88 Å². The van der Waals surface area contributed by atoms with Crippen molar-refractivity contribution in [3.05, 3.63) is 78.0 Å². The molecule has 160 valence electrons. The highest BCUT2D eigenvalue weighted by molar-refractivity contribution is 5.97. The van der Waals surface area contributed by atoms with E-state index < -0.39 is 0 Å². The Hall–Kier alpha value is -3.58. The third-order valence-electron chi connectivity index (χ3n) is 4.88. The van der Waals surface area contributed by atoms with Crippen LogP contribution in [0.1, 0.15) is 15.9 Å². The summed E-state index contributed by atoms with van der Waals surface area (Å²) in [5.41, 5.74) is 1.27.